The van der Waals surface area contributed by atoms with Crippen LogP contribution in [0.2, 0.25) is 0 Å². The maximum Gasteiger partial charge on any atom is 0.342 e. The molecule has 0 bridgehead atoms. The van der Waals surface area contributed by atoms with Crippen LogP contribution in [0.15, 0.2) is 18.2 Å². The number of rotatable bonds is 4. The summed E-state index contributed by atoms with van der Waals surface area (Å²) in [7, 11) is 0. The first-order valence-electron chi connectivity index (χ1n) is 7.28. The largest absolute Gasteiger partial charge is 0.507 e. The highest BCUT2D eigenvalue weighted by atomic mass is 16.5. The van der Waals surface area contributed by atoms with E-state index in [-0.39, 0.29) is 23.3 Å². The summed E-state index contributed by atoms with van der Waals surface area (Å²) in [6.07, 6.45) is 3.32. The van der Waals surface area contributed by atoms with Crippen molar-refractivity contribution < 1.29 is 19.4 Å². The minimum Gasteiger partial charge on any atom is -0.507 e. The molecule has 0 aromatic heterocycles. The van der Waals surface area contributed by atoms with Crippen LogP contribution >= 0.6 is 0 Å². The minimum absolute atomic E-state index is 0.0705. The van der Waals surface area contributed by atoms with Gasteiger partial charge in [0.05, 0.1) is 0 Å². The topological polar surface area (TPSA) is 75.6 Å². The van der Waals surface area contributed by atoms with Crippen LogP contribution in [0, 0.1) is 6.92 Å². The fraction of sp³-hybridized carbons (Fsp3) is 0.500. The number of nitrogens with one attached hydrogen (secondary N) is 1. The fourth-order valence-electron chi connectivity index (χ4n) is 2.48. The number of ether oxygens (including phenoxy) is 1. The zero-order valence-corrected chi connectivity index (χ0v) is 12.4. The quantitative estimate of drug-likeness (QED) is 0.835. The first kappa shape index (κ1) is 15.4. The summed E-state index contributed by atoms with van der Waals surface area (Å²) < 4.78 is 5.12. The van der Waals surface area contributed by atoms with Crippen molar-refractivity contribution in [1.29, 1.82) is 0 Å². The molecule has 1 aliphatic carbocycles. The number of aryl methyl sites for hydroxylation is 1. The number of aromatic hydroxyl groups is 1. The van der Waals surface area contributed by atoms with Gasteiger partial charge in [-0.15, -0.1) is 0 Å². The van der Waals surface area contributed by atoms with Gasteiger partial charge in [0.15, 0.2) is 6.10 Å². The summed E-state index contributed by atoms with van der Waals surface area (Å²) in [6.45, 7) is 3.35. The second kappa shape index (κ2) is 6.61. The molecule has 2 rings (SSSR count). The Hall–Kier alpha value is -2.04. The van der Waals surface area contributed by atoms with Gasteiger partial charge in [-0.05, 0) is 44.4 Å². The number of phenolic OH excluding ortho intramolecular Hbond substituents is 1. The molecule has 5 heteroatoms. The molecule has 2 N–H and O–H groups in total. The van der Waals surface area contributed by atoms with Crippen LogP contribution in [-0.2, 0) is 9.53 Å². The maximum absolute atomic E-state index is 12.0. The number of hydrogen-bond acceptors (Lipinski definition) is 4. The van der Waals surface area contributed by atoms with Gasteiger partial charge in [0, 0.05) is 6.04 Å². The Balaban J connectivity index is 1.93. The predicted molar refractivity (Wildman–Crippen MR) is 78.1 cm³/mol. The number of esters is 1. The lowest BCUT2D eigenvalue weighted by molar-refractivity contribution is -0.129. The third kappa shape index (κ3) is 3.97. The lowest BCUT2D eigenvalue weighted by Gasteiger charge is -2.17. The van der Waals surface area contributed by atoms with Crippen LogP contribution in [0.3, 0.4) is 0 Å². The molecule has 1 aromatic rings. The first-order valence-corrected chi connectivity index (χ1v) is 7.28. The van der Waals surface area contributed by atoms with E-state index in [0.717, 1.165) is 31.2 Å². The van der Waals surface area contributed by atoms with Gasteiger partial charge < -0.3 is 15.2 Å². The highest BCUT2D eigenvalue weighted by Gasteiger charge is 2.24. The van der Waals surface area contributed by atoms with Crippen molar-refractivity contribution in [2.45, 2.75) is 51.7 Å². The Kier molecular flexibility index (Phi) is 4.83. The number of hydrogen-bond donors (Lipinski definition) is 2. The Morgan fingerprint density at radius 3 is 2.62 bits per heavy atom. The Morgan fingerprint density at radius 1 is 1.33 bits per heavy atom. The van der Waals surface area contributed by atoms with Gasteiger partial charge in [0.25, 0.3) is 5.91 Å². The Morgan fingerprint density at radius 2 is 2.00 bits per heavy atom. The summed E-state index contributed by atoms with van der Waals surface area (Å²) in [5.74, 6) is -1.12. The van der Waals surface area contributed by atoms with Crippen molar-refractivity contribution in [2.24, 2.45) is 0 Å². The van der Waals surface area contributed by atoms with E-state index in [1.165, 1.54) is 19.1 Å². The molecule has 1 aromatic carbocycles. The van der Waals surface area contributed by atoms with E-state index in [1.807, 2.05) is 6.92 Å². The van der Waals surface area contributed by atoms with Crippen molar-refractivity contribution in [2.75, 3.05) is 0 Å². The van der Waals surface area contributed by atoms with E-state index in [9.17, 15) is 14.7 Å². The SMILES string of the molecule is Cc1ccc(C(=O)OC(C)C(=O)NC2CCCC2)c(O)c1. The minimum atomic E-state index is -0.876. The van der Waals surface area contributed by atoms with E-state index in [0.29, 0.717) is 0 Å². The van der Waals surface area contributed by atoms with Crippen LogP contribution in [-0.4, -0.2) is 29.1 Å². The molecule has 0 radical (unpaired) electrons. The van der Waals surface area contributed by atoms with E-state index >= 15 is 0 Å². The summed E-state index contributed by atoms with van der Waals surface area (Å²) in [6, 6.07) is 4.88. The number of carbonyl (C=O) groups excluding carboxylic acids is 2. The molecule has 1 amide bonds. The molecule has 0 spiro atoms. The van der Waals surface area contributed by atoms with Crippen LogP contribution < -0.4 is 5.32 Å². The molecule has 1 fully saturated rings. The summed E-state index contributed by atoms with van der Waals surface area (Å²) in [5, 5.41) is 12.6. The van der Waals surface area contributed by atoms with E-state index in [4.69, 9.17) is 4.74 Å². The average molecular weight is 291 g/mol. The van der Waals surface area contributed by atoms with Gasteiger partial charge in [-0.2, -0.15) is 0 Å². The number of amides is 1. The number of carbonyl (C=O) groups is 2. The molecule has 1 aliphatic rings. The molecule has 1 saturated carbocycles. The molecule has 0 heterocycles. The zero-order chi connectivity index (χ0) is 15.4. The summed E-state index contributed by atoms with van der Waals surface area (Å²) in [4.78, 5) is 23.9. The van der Waals surface area contributed by atoms with Crippen molar-refractivity contribution in [1.82, 2.24) is 5.32 Å². The van der Waals surface area contributed by atoms with E-state index < -0.39 is 12.1 Å². The van der Waals surface area contributed by atoms with Gasteiger partial charge in [-0.1, -0.05) is 18.9 Å². The lowest BCUT2D eigenvalue weighted by atomic mass is 10.1. The zero-order valence-electron chi connectivity index (χ0n) is 12.4. The Labute approximate surface area is 124 Å². The number of phenols is 1. The smallest absolute Gasteiger partial charge is 0.342 e. The highest BCUT2D eigenvalue weighted by Crippen LogP contribution is 2.20. The summed E-state index contributed by atoms with van der Waals surface area (Å²) in [5.41, 5.74) is 0.914. The fourth-order valence-corrected chi connectivity index (χ4v) is 2.48. The van der Waals surface area contributed by atoms with E-state index in [1.54, 1.807) is 6.07 Å². The molecular weight excluding hydrogens is 270 g/mol. The third-order valence-electron chi connectivity index (χ3n) is 3.73. The lowest BCUT2D eigenvalue weighted by Crippen LogP contribution is -2.40. The maximum atomic E-state index is 12.0. The average Bonchev–Trinajstić information content (AvgIpc) is 2.91. The van der Waals surface area contributed by atoms with Crippen LogP contribution in [0.4, 0.5) is 0 Å². The van der Waals surface area contributed by atoms with Gasteiger partial charge >= 0.3 is 5.97 Å². The third-order valence-corrected chi connectivity index (χ3v) is 3.73. The second-order valence-corrected chi connectivity index (χ2v) is 5.56. The normalized spacial score (nSPS) is 16.5. The van der Waals surface area contributed by atoms with Crippen molar-refractivity contribution in [3.05, 3.63) is 29.3 Å². The number of benzene rings is 1. The van der Waals surface area contributed by atoms with Crippen molar-refractivity contribution in [3.8, 4) is 5.75 Å². The Bertz CT molecular complexity index is 535. The predicted octanol–water partition coefficient (Wildman–Crippen LogP) is 2.30. The van der Waals surface area contributed by atoms with Crippen LogP contribution in [0.1, 0.15) is 48.5 Å². The molecule has 114 valence electrons. The van der Waals surface area contributed by atoms with Crippen LogP contribution in [0.5, 0.6) is 5.75 Å². The first-order chi connectivity index (χ1) is 9.97. The van der Waals surface area contributed by atoms with Gasteiger partial charge in [-0.3, -0.25) is 4.79 Å². The molecular formula is C16H21NO4. The summed E-state index contributed by atoms with van der Waals surface area (Å²) >= 11 is 0. The molecule has 21 heavy (non-hydrogen) atoms. The molecule has 5 nitrogen and oxygen atoms in total. The molecule has 0 aliphatic heterocycles. The standard InChI is InChI=1S/C16H21NO4/c1-10-7-8-13(14(18)9-10)16(20)21-11(2)15(19)17-12-5-3-4-6-12/h7-9,11-12,18H,3-6H2,1-2H3,(H,17,19). The molecule has 1 unspecified atom stereocenters. The monoisotopic (exact) mass is 291 g/mol. The second-order valence-electron chi connectivity index (χ2n) is 5.56. The molecule has 0 saturated heterocycles. The van der Waals surface area contributed by atoms with Crippen molar-refractivity contribution >= 4 is 11.9 Å². The highest BCUT2D eigenvalue weighted by molar-refractivity contribution is 5.94. The van der Waals surface area contributed by atoms with Gasteiger partial charge in [0.2, 0.25) is 0 Å². The van der Waals surface area contributed by atoms with E-state index in [2.05, 4.69) is 5.32 Å². The van der Waals surface area contributed by atoms with Gasteiger partial charge in [0.1, 0.15) is 11.3 Å². The van der Waals surface area contributed by atoms with Crippen molar-refractivity contribution in [3.63, 3.8) is 0 Å². The van der Waals surface area contributed by atoms with Gasteiger partial charge in [-0.25, -0.2) is 4.79 Å². The molecule has 1 atom stereocenters. The van der Waals surface area contributed by atoms with Crippen LogP contribution in [0.25, 0.3) is 0 Å².